The average Bonchev–Trinajstić information content (AvgIpc) is 3.35. The van der Waals surface area contributed by atoms with Crippen molar-refractivity contribution < 1.29 is 27.2 Å². The standard InChI is InChI=1S/C23H19F3N2O3S2/c24-23(25,26)17-13-16(27-21(30)19-3-1-10-31-19)8-9-18(17)28-20(29)14-4-6-15(7-5-14)22-32-11-2-12-33-22/h1,3-10,13,22H,2,11-12H2,(H,27,30)(H,28,29). The third-order valence-electron chi connectivity index (χ3n) is 4.85. The maximum Gasteiger partial charge on any atom is 0.418 e. The van der Waals surface area contributed by atoms with Crippen molar-refractivity contribution in [1.82, 2.24) is 0 Å². The van der Waals surface area contributed by atoms with Gasteiger partial charge in [0.15, 0.2) is 5.76 Å². The Bertz CT molecular complexity index is 1130. The number of alkyl halides is 3. The van der Waals surface area contributed by atoms with Gasteiger partial charge in [0.05, 0.1) is 22.1 Å². The van der Waals surface area contributed by atoms with Gasteiger partial charge in [-0.1, -0.05) is 12.1 Å². The van der Waals surface area contributed by atoms with Crippen molar-refractivity contribution in [1.29, 1.82) is 0 Å². The fourth-order valence-corrected chi connectivity index (χ4v) is 6.13. The maximum absolute atomic E-state index is 13.7. The van der Waals surface area contributed by atoms with Gasteiger partial charge in [0, 0.05) is 11.3 Å². The number of hydrogen-bond acceptors (Lipinski definition) is 5. The number of rotatable bonds is 5. The minimum absolute atomic E-state index is 0.0330. The Balaban J connectivity index is 1.50. The van der Waals surface area contributed by atoms with Crippen LogP contribution in [0.15, 0.2) is 65.3 Å². The molecule has 0 atom stereocenters. The van der Waals surface area contributed by atoms with Crippen LogP contribution in [0.4, 0.5) is 24.5 Å². The Hall–Kier alpha value is -2.85. The SMILES string of the molecule is O=C(Nc1ccc(NC(=O)c2ccco2)cc1C(F)(F)F)c1ccc(C2SCCCS2)cc1. The third kappa shape index (κ3) is 5.75. The van der Waals surface area contributed by atoms with Gasteiger partial charge in [-0.3, -0.25) is 9.59 Å². The molecule has 0 saturated carbocycles. The van der Waals surface area contributed by atoms with Gasteiger partial charge in [-0.05, 0) is 66.0 Å². The molecule has 0 bridgehead atoms. The molecule has 10 heteroatoms. The summed E-state index contributed by atoms with van der Waals surface area (Å²) in [5.41, 5.74) is -0.207. The van der Waals surface area contributed by atoms with E-state index in [1.165, 1.54) is 30.9 Å². The highest BCUT2D eigenvalue weighted by molar-refractivity contribution is 8.16. The quantitative estimate of drug-likeness (QED) is 0.416. The number of carbonyl (C=O) groups is 2. The van der Waals surface area contributed by atoms with Crippen LogP contribution in [-0.2, 0) is 6.18 Å². The molecule has 0 unspecified atom stereocenters. The average molecular weight is 493 g/mol. The maximum atomic E-state index is 13.7. The van der Waals surface area contributed by atoms with Gasteiger partial charge in [-0.25, -0.2) is 0 Å². The summed E-state index contributed by atoms with van der Waals surface area (Å²) in [6, 6.07) is 13.0. The second-order valence-corrected chi connectivity index (χ2v) is 9.92. The molecule has 0 spiro atoms. The Labute approximate surface area is 196 Å². The Morgan fingerprint density at radius 3 is 2.30 bits per heavy atom. The van der Waals surface area contributed by atoms with Crippen molar-refractivity contribution in [3.63, 3.8) is 0 Å². The van der Waals surface area contributed by atoms with Crippen molar-refractivity contribution in [2.75, 3.05) is 22.1 Å². The second kappa shape index (κ2) is 9.96. The molecule has 1 saturated heterocycles. The number of furan rings is 1. The van der Waals surface area contributed by atoms with E-state index in [2.05, 4.69) is 10.6 Å². The lowest BCUT2D eigenvalue weighted by atomic mass is 10.1. The molecule has 0 aliphatic carbocycles. The first-order chi connectivity index (χ1) is 15.8. The highest BCUT2D eigenvalue weighted by Gasteiger charge is 2.34. The molecule has 1 aromatic heterocycles. The fraction of sp³-hybridized carbons (Fsp3) is 0.217. The summed E-state index contributed by atoms with van der Waals surface area (Å²) in [5.74, 6) is 0.799. The zero-order valence-electron chi connectivity index (χ0n) is 17.1. The number of nitrogens with one attached hydrogen (secondary N) is 2. The number of carbonyl (C=O) groups excluding carboxylic acids is 2. The summed E-state index contributed by atoms with van der Waals surface area (Å²) < 4.78 is 46.2. The Morgan fingerprint density at radius 1 is 0.939 bits per heavy atom. The lowest BCUT2D eigenvalue weighted by molar-refractivity contribution is -0.136. The van der Waals surface area contributed by atoms with E-state index in [-0.39, 0.29) is 17.0 Å². The fourth-order valence-electron chi connectivity index (χ4n) is 3.23. The normalized spacial score (nSPS) is 14.6. The van der Waals surface area contributed by atoms with Gasteiger partial charge >= 0.3 is 6.18 Å². The molecule has 2 aromatic carbocycles. The minimum Gasteiger partial charge on any atom is -0.459 e. The summed E-state index contributed by atoms with van der Waals surface area (Å²) in [7, 11) is 0. The predicted octanol–water partition coefficient (Wildman–Crippen LogP) is 6.67. The number of thioether (sulfide) groups is 2. The highest BCUT2D eigenvalue weighted by atomic mass is 32.2. The number of benzene rings is 2. The van der Waals surface area contributed by atoms with Crippen LogP contribution in [0.1, 0.15) is 43.0 Å². The van der Waals surface area contributed by atoms with E-state index >= 15 is 0 Å². The van der Waals surface area contributed by atoms with Gasteiger partial charge in [-0.15, -0.1) is 23.5 Å². The lowest BCUT2D eigenvalue weighted by Crippen LogP contribution is -2.18. The molecule has 4 rings (SSSR count). The molecule has 3 aromatic rings. The van der Waals surface area contributed by atoms with Crippen LogP contribution in [0.5, 0.6) is 0 Å². The van der Waals surface area contributed by atoms with Crippen LogP contribution in [0.25, 0.3) is 0 Å². The molecule has 2 amide bonds. The molecule has 0 radical (unpaired) electrons. The smallest absolute Gasteiger partial charge is 0.418 e. The molecule has 172 valence electrons. The summed E-state index contributed by atoms with van der Waals surface area (Å²) >= 11 is 3.69. The monoisotopic (exact) mass is 492 g/mol. The zero-order chi connectivity index (χ0) is 23.4. The number of hydrogen-bond donors (Lipinski definition) is 2. The summed E-state index contributed by atoms with van der Waals surface area (Å²) in [6.45, 7) is 0. The van der Waals surface area contributed by atoms with E-state index in [9.17, 15) is 22.8 Å². The van der Waals surface area contributed by atoms with Crippen molar-refractivity contribution >= 4 is 46.7 Å². The van der Waals surface area contributed by atoms with Crippen LogP contribution in [-0.4, -0.2) is 23.3 Å². The predicted molar refractivity (Wildman–Crippen MR) is 125 cm³/mol. The van der Waals surface area contributed by atoms with E-state index in [0.29, 0.717) is 4.58 Å². The molecule has 2 heterocycles. The van der Waals surface area contributed by atoms with Gasteiger partial charge in [-0.2, -0.15) is 13.2 Å². The van der Waals surface area contributed by atoms with E-state index in [4.69, 9.17) is 4.42 Å². The molecule has 1 aliphatic heterocycles. The third-order valence-corrected chi connectivity index (χ3v) is 7.86. The second-order valence-electron chi connectivity index (χ2n) is 7.19. The highest BCUT2D eigenvalue weighted by Crippen LogP contribution is 2.43. The first kappa shape index (κ1) is 23.3. The molecule has 1 fully saturated rings. The Morgan fingerprint density at radius 2 is 1.67 bits per heavy atom. The summed E-state index contributed by atoms with van der Waals surface area (Å²) in [4.78, 5) is 24.7. The van der Waals surface area contributed by atoms with E-state index in [1.54, 1.807) is 12.1 Å². The number of amides is 2. The van der Waals surface area contributed by atoms with E-state index < -0.39 is 29.2 Å². The van der Waals surface area contributed by atoms with E-state index in [1.807, 2.05) is 35.7 Å². The van der Waals surface area contributed by atoms with Crippen molar-refractivity contribution in [2.45, 2.75) is 17.2 Å². The first-order valence-electron chi connectivity index (χ1n) is 10.0. The van der Waals surface area contributed by atoms with E-state index in [0.717, 1.165) is 29.2 Å². The van der Waals surface area contributed by atoms with Crippen LogP contribution in [0.3, 0.4) is 0 Å². The Kier molecular flexibility index (Phi) is 7.04. The number of halogens is 3. The summed E-state index contributed by atoms with van der Waals surface area (Å²) in [5, 5.41) is 4.70. The van der Waals surface area contributed by atoms with Crippen LogP contribution in [0, 0.1) is 0 Å². The van der Waals surface area contributed by atoms with Gasteiger partial charge in [0.2, 0.25) is 0 Å². The van der Waals surface area contributed by atoms with Gasteiger partial charge in [0.25, 0.3) is 11.8 Å². The topological polar surface area (TPSA) is 71.3 Å². The largest absolute Gasteiger partial charge is 0.459 e. The van der Waals surface area contributed by atoms with Crippen LogP contribution < -0.4 is 10.6 Å². The molecular formula is C23H19F3N2O3S2. The van der Waals surface area contributed by atoms with Crippen molar-refractivity contribution in [2.24, 2.45) is 0 Å². The zero-order valence-corrected chi connectivity index (χ0v) is 18.8. The summed E-state index contributed by atoms with van der Waals surface area (Å²) in [6.07, 6.45) is -2.29. The van der Waals surface area contributed by atoms with Crippen LogP contribution in [0.2, 0.25) is 0 Å². The molecule has 2 N–H and O–H groups in total. The van der Waals surface area contributed by atoms with Crippen molar-refractivity contribution in [3.8, 4) is 0 Å². The van der Waals surface area contributed by atoms with Gasteiger partial charge in [0.1, 0.15) is 0 Å². The number of anilines is 2. The molecule has 5 nitrogen and oxygen atoms in total. The molecule has 1 aliphatic rings. The van der Waals surface area contributed by atoms with Gasteiger partial charge < -0.3 is 15.1 Å². The minimum atomic E-state index is -4.74. The molecule has 33 heavy (non-hydrogen) atoms. The van der Waals surface area contributed by atoms with Crippen LogP contribution >= 0.6 is 23.5 Å². The lowest BCUT2D eigenvalue weighted by Gasteiger charge is -2.21. The molecular weight excluding hydrogens is 473 g/mol. The first-order valence-corrected chi connectivity index (χ1v) is 12.1. The van der Waals surface area contributed by atoms with Crippen molar-refractivity contribution in [3.05, 3.63) is 83.3 Å².